The molecule has 0 aliphatic heterocycles. The number of hydrogen-bond donors (Lipinski definition) is 1. The Kier molecular flexibility index (Phi) is 7.11. The Morgan fingerprint density at radius 3 is 2.57 bits per heavy atom. The Labute approximate surface area is 131 Å². The highest BCUT2D eigenvalue weighted by molar-refractivity contribution is 7.99. The van der Waals surface area contributed by atoms with E-state index in [4.69, 9.17) is 4.74 Å². The van der Waals surface area contributed by atoms with Crippen LogP contribution in [0.2, 0.25) is 0 Å². The topological polar surface area (TPSA) is 64.1 Å². The van der Waals surface area contributed by atoms with Gasteiger partial charge in [-0.05, 0) is 39.3 Å². The number of esters is 1. The maximum atomic E-state index is 12.2. The van der Waals surface area contributed by atoms with Gasteiger partial charge < -0.3 is 10.1 Å². The molecule has 0 amide bonds. The highest BCUT2D eigenvalue weighted by atomic mass is 32.2. The van der Waals surface area contributed by atoms with Crippen LogP contribution in [0.5, 0.6) is 0 Å². The smallest absolute Gasteiger partial charge is 0.326 e. The molecule has 0 aliphatic rings. The zero-order chi connectivity index (χ0) is 15.9. The number of carbonyl (C=O) groups is 1. The summed E-state index contributed by atoms with van der Waals surface area (Å²) >= 11 is 1.57. The molecule has 0 fully saturated rings. The fourth-order valence-electron chi connectivity index (χ4n) is 2.15. The predicted octanol–water partition coefficient (Wildman–Crippen LogP) is 2.59. The van der Waals surface area contributed by atoms with E-state index >= 15 is 0 Å². The lowest BCUT2D eigenvalue weighted by molar-refractivity contribution is -0.150. The molecular formula is C15H25N3O2S. The summed E-state index contributed by atoms with van der Waals surface area (Å²) < 4.78 is 5.18. The summed E-state index contributed by atoms with van der Waals surface area (Å²) in [5.74, 6) is -0.205. The number of carbonyl (C=O) groups excluding carboxylic acids is 1. The van der Waals surface area contributed by atoms with Gasteiger partial charge in [0.05, 0.1) is 6.61 Å². The average molecular weight is 311 g/mol. The van der Waals surface area contributed by atoms with Gasteiger partial charge >= 0.3 is 5.97 Å². The SMILES string of the molecule is CCNC(C)(CC(C)Sc1ncc(C)cn1)C(=O)OCC. The Bertz CT molecular complexity index is 453. The molecule has 0 aliphatic carbocycles. The first-order valence-electron chi connectivity index (χ1n) is 7.28. The number of ether oxygens (including phenoxy) is 1. The minimum Gasteiger partial charge on any atom is -0.465 e. The van der Waals surface area contributed by atoms with E-state index in [-0.39, 0.29) is 11.2 Å². The third-order valence-corrected chi connectivity index (χ3v) is 4.04. The molecule has 6 heteroatoms. The van der Waals surface area contributed by atoms with Crippen LogP contribution in [0.4, 0.5) is 0 Å². The van der Waals surface area contributed by atoms with Gasteiger partial charge in [-0.15, -0.1) is 0 Å². The second-order valence-corrected chi connectivity index (χ2v) is 6.66. The first kappa shape index (κ1) is 17.9. The largest absolute Gasteiger partial charge is 0.465 e. The van der Waals surface area contributed by atoms with E-state index in [1.807, 2.05) is 27.7 Å². The summed E-state index contributed by atoms with van der Waals surface area (Å²) in [6, 6.07) is 0. The number of rotatable bonds is 8. The van der Waals surface area contributed by atoms with Crippen molar-refractivity contribution in [1.82, 2.24) is 15.3 Å². The summed E-state index contributed by atoms with van der Waals surface area (Å²) in [7, 11) is 0. The van der Waals surface area contributed by atoms with Gasteiger partial charge in [-0.3, -0.25) is 4.79 Å². The Morgan fingerprint density at radius 2 is 2.05 bits per heavy atom. The quantitative estimate of drug-likeness (QED) is 0.452. The van der Waals surface area contributed by atoms with E-state index in [0.717, 1.165) is 10.7 Å². The maximum Gasteiger partial charge on any atom is 0.326 e. The molecule has 1 aromatic heterocycles. The summed E-state index contributed by atoms with van der Waals surface area (Å²) in [6.07, 6.45) is 4.26. The Hall–Kier alpha value is -1.14. The molecule has 0 saturated carbocycles. The molecule has 1 aromatic rings. The monoisotopic (exact) mass is 311 g/mol. The van der Waals surface area contributed by atoms with Crippen molar-refractivity contribution in [3.8, 4) is 0 Å². The molecule has 2 atom stereocenters. The number of thioether (sulfide) groups is 1. The van der Waals surface area contributed by atoms with Gasteiger partial charge in [0.25, 0.3) is 0 Å². The maximum absolute atomic E-state index is 12.2. The number of aryl methyl sites for hydroxylation is 1. The van der Waals surface area contributed by atoms with Crippen LogP contribution in [-0.4, -0.2) is 39.9 Å². The van der Waals surface area contributed by atoms with E-state index in [1.165, 1.54) is 0 Å². The Morgan fingerprint density at radius 1 is 1.43 bits per heavy atom. The van der Waals surface area contributed by atoms with Crippen LogP contribution in [0.3, 0.4) is 0 Å². The first-order valence-corrected chi connectivity index (χ1v) is 8.16. The van der Waals surface area contributed by atoms with Crippen LogP contribution >= 0.6 is 11.8 Å². The summed E-state index contributed by atoms with van der Waals surface area (Å²) in [5.41, 5.74) is 0.359. The van der Waals surface area contributed by atoms with E-state index < -0.39 is 5.54 Å². The summed E-state index contributed by atoms with van der Waals surface area (Å²) in [6.45, 7) is 10.8. The van der Waals surface area contributed by atoms with Gasteiger partial charge in [-0.25, -0.2) is 9.97 Å². The highest BCUT2D eigenvalue weighted by Gasteiger charge is 2.35. The van der Waals surface area contributed by atoms with Crippen LogP contribution in [-0.2, 0) is 9.53 Å². The number of nitrogens with one attached hydrogen (secondary N) is 1. The molecule has 2 unspecified atom stereocenters. The van der Waals surface area contributed by atoms with Crippen LogP contribution in [0.25, 0.3) is 0 Å². The number of likely N-dealkylation sites (N-methyl/N-ethyl adjacent to an activating group) is 1. The van der Waals surface area contributed by atoms with Crippen molar-refractivity contribution in [2.45, 2.75) is 57.0 Å². The number of aromatic nitrogens is 2. The molecule has 118 valence electrons. The lowest BCUT2D eigenvalue weighted by atomic mass is 9.96. The van der Waals surface area contributed by atoms with E-state index in [2.05, 4.69) is 22.2 Å². The van der Waals surface area contributed by atoms with Crippen LogP contribution < -0.4 is 5.32 Å². The molecule has 0 bridgehead atoms. The summed E-state index contributed by atoms with van der Waals surface area (Å²) in [4.78, 5) is 20.7. The lowest BCUT2D eigenvalue weighted by Crippen LogP contribution is -2.51. The molecular weight excluding hydrogens is 286 g/mol. The Balaban J connectivity index is 2.69. The van der Waals surface area contributed by atoms with E-state index in [1.54, 1.807) is 24.2 Å². The van der Waals surface area contributed by atoms with Gasteiger partial charge in [0.2, 0.25) is 0 Å². The second kappa shape index (κ2) is 8.34. The third kappa shape index (κ3) is 5.63. The van der Waals surface area contributed by atoms with Crippen molar-refractivity contribution in [3.05, 3.63) is 18.0 Å². The first-order chi connectivity index (χ1) is 9.91. The third-order valence-electron chi connectivity index (χ3n) is 3.05. The van der Waals surface area contributed by atoms with Crippen molar-refractivity contribution in [3.63, 3.8) is 0 Å². The molecule has 0 aromatic carbocycles. The van der Waals surface area contributed by atoms with Crippen molar-refractivity contribution in [2.75, 3.05) is 13.2 Å². The number of nitrogens with zero attached hydrogens (tertiary/aromatic N) is 2. The number of hydrogen-bond acceptors (Lipinski definition) is 6. The van der Waals surface area contributed by atoms with Crippen molar-refractivity contribution in [1.29, 1.82) is 0 Å². The fraction of sp³-hybridized carbons (Fsp3) is 0.667. The molecule has 0 radical (unpaired) electrons. The second-order valence-electron chi connectivity index (χ2n) is 5.26. The molecule has 5 nitrogen and oxygen atoms in total. The zero-order valence-electron chi connectivity index (χ0n) is 13.5. The minimum atomic E-state index is -0.679. The molecule has 21 heavy (non-hydrogen) atoms. The molecule has 1 N–H and O–H groups in total. The van der Waals surface area contributed by atoms with Gasteiger partial charge in [0, 0.05) is 17.6 Å². The van der Waals surface area contributed by atoms with Gasteiger partial charge in [-0.1, -0.05) is 25.6 Å². The standard InChI is InChI=1S/C15H25N3O2S/c1-6-18-15(5,13(19)20-7-2)8-12(4)21-14-16-9-11(3)10-17-14/h9-10,12,18H,6-8H2,1-5H3. The fourth-order valence-corrected chi connectivity index (χ4v) is 3.15. The molecule has 1 rings (SSSR count). The normalized spacial score (nSPS) is 15.3. The lowest BCUT2D eigenvalue weighted by Gasteiger charge is -2.30. The van der Waals surface area contributed by atoms with Crippen LogP contribution in [0.15, 0.2) is 17.6 Å². The highest BCUT2D eigenvalue weighted by Crippen LogP contribution is 2.27. The predicted molar refractivity (Wildman–Crippen MR) is 85.4 cm³/mol. The van der Waals surface area contributed by atoms with Crippen molar-refractivity contribution < 1.29 is 9.53 Å². The summed E-state index contributed by atoms with van der Waals surface area (Å²) in [5, 5.41) is 4.17. The van der Waals surface area contributed by atoms with Gasteiger partial charge in [-0.2, -0.15) is 0 Å². The van der Waals surface area contributed by atoms with Crippen molar-refractivity contribution in [2.24, 2.45) is 0 Å². The van der Waals surface area contributed by atoms with E-state index in [9.17, 15) is 4.79 Å². The van der Waals surface area contributed by atoms with Gasteiger partial charge in [0.15, 0.2) is 5.16 Å². The van der Waals surface area contributed by atoms with Crippen LogP contribution in [0.1, 0.15) is 39.7 Å². The molecule has 0 spiro atoms. The average Bonchev–Trinajstić information content (AvgIpc) is 2.41. The van der Waals surface area contributed by atoms with Gasteiger partial charge in [0.1, 0.15) is 5.54 Å². The zero-order valence-corrected chi connectivity index (χ0v) is 14.3. The van der Waals surface area contributed by atoms with E-state index in [0.29, 0.717) is 19.6 Å². The van der Waals surface area contributed by atoms with Crippen molar-refractivity contribution >= 4 is 17.7 Å². The molecule has 0 saturated heterocycles. The minimum absolute atomic E-state index is 0.196. The van der Waals surface area contributed by atoms with Crippen LogP contribution in [0, 0.1) is 6.92 Å². The molecule has 1 heterocycles.